The Labute approximate surface area is 84.2 Å². The highest BCUT2D eigenvalue weighted by Gasteiger charge is 2.36. The van der Waals surface area contributed by atoms with Crippen molar-refractivity contribution >= 4 is 6.09 Å². The molecule has 78 valence electrons. The highest BCUT2D eigenvalue weighted by atomic mass is 16.6. The molecule has 1 N–H and O–H groups in total. The molecule has 0 atom stereocenters. The summed E-state index contributed by atoms with van der Waals surface area (Å²) in [6.45, 7) is 3.57. The molecule has 1 fully saturated rings. The topological polar surface area (TPSA) is 62.1 Å². The van der Waals surface area contributed by atoms with Crippen molar-refractivity contribution in [3.8, 4) is 6.07 Å². The maximum absolute atomic E-state index is 11.3. The first kappa shape index (κ1) is 10.8. The predicted molar refractivity (Wildman–Crippen MR) is 51.6 cm³/mol. The van der Waals surface area contributed by atoms with Crippen LogP contribution in [0.4, 0.5) is 4.79 Å². The lowest BCUT2D eigenvalue weighted by Crippen LogP contribution is -2.45. The number of alkyl carbamates (subject to hydrolysis) is 1. The summed E-state index contributed by atoms with van der Waals surface area (Å²) in [7, 11) is 0. The van der Waals surface area contributed by atoms with E-state index in [0.29, 0.717) is 0 Å². The normalized spacial score (nSPS) is 19.0. The first-order valence-corrected chi connectivity index (χ1v) is 4.98. The van der Waals surface area contributed by atoms with Crippen molar-refractivity contribution in [1.82, 2.24) is 5.32 Å². The van der Waals surface area contributed by atoms with Gasteiger partial charge in [-0.3, -0.25) is 0 Å². The lowest BCUT2D eigenvalue weighted by molar-refractivity contribution is 0.108. The van der Waals surface area contributed by atoms with Crippen LogP contribution in [-0.4, -0.2) is 17.7 Å². The van der Waals surface area contributed by atoms with Gasteiger partial charge in [0.1, 0.15) is 5.54 Å². The molecule has 0 aliphatic heterocycles. The molecule has 0 unspecified atom stereocenters. The summed E-state index contributed by atoms with van der Waals surface area (Å²) in [5.41, 5.74) is -0.675. The number of rotatable bonds is 2. The number of nitrogens with zero attached hydrogens (tertiary/aromatic N) is 1. The molecular weight excluding hydrogens is 180 g/mol. The molecule has 0 aromatic heterocycles. The van der Waals surface area contributed by atoms with E-state index in [1.807, 2.05) is 0 Å². The second-order valence-corrected chi connectivity index (χ2v) is 3.98. The second-order valence-electron chi connectivity index (χ2n) is 3.98. The Morgan fingerprint density at radius 1 is 1.50 bits per heavy atom. The average Bonchev–Trinajstić information content (AvgIpc) is 2.52. The summed E-state index contributed by atoms with van der Waals surface area (Å²) in [6, 6.07) is 2.17. The van der Waals surface area contributed by atoms with Crippen molar-refractivity contribution in [2.24, 2.45) is 0 Å². The molecule has 4 nitrogen and oxygen atoms in total. The van der Waals surface area contributed by atoms with E-state index >= 15 is 0 Å². The molecule has 1 saturated carbocycles. The largest absolute Gasteiger partial charge is 0.447 e. The Bertz CT molecular complexity index is 249. The summed E-state index contributed by atoms with van der Waals surface area (Å²) < 4.78 is 4.94. The van der Waals surface area contributed by atoms with Gasteiger partial charge < -0.3 is 10.1 Å². The maximum atomic E-state index is 11.3. The van der Waals surface area contributed by atoms with Crippen LogP contribution < -0.4 is 5.32 Å². The minimum absolute atomic E-state index is 0.146. The van der Waals surface area contributed by atoms with E-state index < -0.39 is 11.6 Å². The van der Waals surface area contributed by atoms with Gasteiger partial charge in [-0.15, -0.1) is 0 Å². The molecule has 0 bridgehead atoms. The minimum Gasteiger partial charge on any atom is -0.447 e. The number of carbonyl (C=O) groups is 1. The lowest BCUT2D eigenvalue weighted by atomic mass is 10.0. The standard InChI is InChI=1S/C10H16N2O2/c1-8(2)14-9(13)12-10(7-11)5-3-4-6-10/h8H,3-6H2,1-2H3,(H,12,13). The van der Waals surface area contributed by atoms with Crippen molar-refractivity contribution in [2.45, 2.75) is 51.2 Å². The Hall–Kier alpha value is -1.24. The van der Waals surface area contributed by atoms with Crippen molar-refractivity contribution < 1.29 is 9.53 Å². The summed E-state index contributed by atoms with van der Waals surface area (Å²) >= 11 is 0. The molecule has 0 aromatic rings. The zero-order chi connectivity index (χ0) is 10.6. The number of hydrogen-bond acceptors (Lipinski definition) is 3. The van der Waals surface area contributed by atoms with Crippen LogP contribution in [0.25, 0.3) is 0 Å². The third kappa shape index (κ3) is 2.63. The SMILES string of the molecule is CC(C)OC(=O)NC1(C#N)CCCC1. The first-order chi connectivity index (χ1) is 6.58. The van der Waals surface area contributed by atoms with E-state index in [9.17, 15) is 4.79 Å². The molecule has 0 radical (unpaired) electrons. The fourth-order valence-electron chi connectivity index (χ4n) is 1.68. The zero-order valence-corrected chi connectivity index (χ0v) is 8.67. The van der Waals surface area contributed by atoms with Crippen molar-refractivity contribution in [3.63, 3.8) is 0 Å². The maximum Gasteiger partial charge on any atom is 0.408 e. The Kier molecular flexibility index (Phi) is 3.34. The van der Waals surface area contributed by atoms with Gasteiger partial charge in [-0.05, 0) is 39.5 Å². The van der Waals surface area contributed by atoms with Crippen LogP contribution in [0.3, 0.4) is 0 Å². The molecule has 1 amide bonds. The van der Waals surface area contributed by atoms with Gasteiger partial charge in [-0.1, -0.05) is 0 Å². The van der Waals surface area contributed by atoms with Crippen LogP contribution in [0.2, 0.25) is 0 Å². The predicted octanol–water partition coefficient (Wildman–Crippen LogP) is 1.96. The van der Waals surface area contributed by atoms with Gasteiger partial charge in [-0.2, -0.15) is 5.26 Å². The molecule has 1 aliphatic carbocycles. The number of nitriles is 1. The summed E-state index contributed by atoms with van der Waals surface area (Å²) in [4.78, 5) is 11.3. The van der Waals surface area contributed by atoms with Gasteiger partial charge in [0.05, 0.1) is 12.2 Å². The van der Waals surface area contributed by atoms with E-state index in [4.69, 9.17) is 10.00 Å². The minimum atomic E-state index is -0.675. The van der Waals surface area contributed by atoms with Crippen molar-refractivity contribution in [2.75, 3.05) is 0 Å². The van der Waals surface area contributed by atoms with Gasteiger partial charge in [0.25, 0.3) is 0 Å². The highest BCUT2D eigenvalue weighted by molar-refractivity contribution is 5.69. The number of amides is 1. The van der Waals surface area contributed by atoms with Gasteiger partial charge in [0.2, 0.25) is 0 Å². The van der Waals surface area contributed by atoms with Crippen LogP contribution in [-0.2, 0) is 4.74 Å². The number of hydrogen-bond donors (Lipinski definition) is 1. The molecule has 0 saturated heterocycles. The molecule has 0 heterocycles. The average molecular weight is 196 g/mol. The van der Waals surface area contributed by atoms with Gasteiger partial charge >= 0.3 is 6.09 Å². The first-order valence-electron chi connectivity index (χ1n) is 4.98. The van der Waals surface area contributed by atoms with Crippen molar-refractivity contribution in [3.05, 3.63) is 0 Å². The smallest absolute Gasteiger partial charge is 0.408 e. The Balaban J connectivity index is 2.49. The fourth-order valence-corrected chi connectivity index (χ4v) is 1.68. The van der Waals surface area contributed by atoms with E-state index in [1.54, 1.807) is 13.8 Å². The number of nitrogens with one attached hydrogen (secondary N) is 1. The lowest BCUT2D eigenvalue weighted by Gasteiger charge is -2.22. The van der Waals surface area contributed by atoms with E-state index in [0.717, 1.165) is 25.7 Å². The molecule has 1 aliphatic rings. The van der Waals surface area contributed by atoms with Gasteiger partial charge in [-0.25, -0.2) is 4.79 Å². The van der Waals surface area contributed by atoms with Crippen LogP contribution in [0.1, 0.15) is 39.5 Å². The second kappa shape index (κ2) is 4.32. The summed E-state index contributed by atoms with van der Waals surface area (Å²) in [5, 5.41) is 11.6. The molecule has 4 heteroatoms. The third-order valence-corrected chi connectivity index (χ3v) is 2.36. The number of ether oxygens (including phenoxy) is 1. The molecular formula is C10H16N2O2. The van der Waals surface area contributed by atoms with Crippen LogP contribution in [0, 0.1) is 11.3 Å². The molecule has 14 heavy (non-hydrogen) atoms. The van der Waals surface area contributed by atoms with Crippen molar-refractivity contribution in [1.29, 1.82) is 5.26 Å². The zero-order valence-electron chi connectivity index (χ0n) is 8.67. The fraction of sp³-hybridized carbons (Fsp3) is 0.800. The quantitative estimate of drug-likeness (QED) is 0.734. The van der Waals surface area contributed by atoms with Crippen LogP contribution in [0.5, 0.6) is 0 Å². The summed E-state index contributed by atoms with van der Waals surface area (Å²) in [6.07, 6.45) is 2.83. The van der Waals surface area contributed by atoms with Crippen LogP contribution >= 0.6 is 0 Å². The van der Waals surface area contributed by atoms with Gasteiger partial charge in [0, 0.05) is 0 Å². The highest BCUT2D eigenvalue weighted by Crippen LogP contribution is 2.28. The molecule has 1 rings (SSSR count). The molecule has 0 aromatic carbocycles. The monoisotopic (exact) mass is 196 g/mol. The van der Waals surface area contributed by atoms with E-state index in [-0.39, 0.29) is 6.10 Å². The molecule has 0 spiro atoms. The van der Waals surface area contributed by atoms with E-state index in [1.165, 1.54) is 0 Å². The third-order valence-electron chi connectivity index (χ3n) is 2.36. The number of carbonyl (C=O) groups excluding carboxylic acids is 1. The van der Waals surface area contributed by atoms with Crippen LogP contribution in [0.15, 0.2) is 0 Å². The Morgan fingerprint density at radius 2 is 2.07 bits per heavy atom. The van der Waals surface area contributed by atoms with Gasteiger partial charge in [0.15, 0.2) is 0 Å². The van der Waals surface area contributed by atoms with E-state index in [2.05, 4.69) is 11.4 Å². The Morgan fingerprint density at radius 3 is 2.50 bits per heavy atom. The summed E-state index contributed by atoms with van der Waals surface area (Å²) in [5.74, 6) is 0.